The van der Waals surface area contributed by atoms with Crippen molar-refractivity contribution in [2.24, 2.45) is 0 Å². The Hall–Kier alpha value is -2.38. The van der Waals surface area contributed by atoms with Crippen molar-refractivity contribution in [2.45, 2.75) is 18.3 Å². The summed E-state index contributed by atoms with van der Waals surface area (Å²) in [5, 5.41) is 12.1. The molecule has 0 heterocycles. The molecular weight excluding hydrogens is 376 g/mol. The predicted molar refractivity (Wildman–Crippen MR) is 103 cm³/mol. The third-order valence-corrected chi connectivity index (χ3v) is 4.74. The largest absolute Gasteiger partial charge is 0.338 e. The molecule has 1 amide bonds. The molecule has 2 aromatic carbocycles. The van der Waals surface area contributed by atoms with E-state index in [0.29, 0.717) is 11.1 Å². The van der Waals surface area contributed by atoms with Gasteiger partial charge in [0.25, 0.3) is 10.9 Å². The van der Waals surface area contributed by atoms with Gasteiger partial charge in [0.05, 0.1) is 11.0 Å². The summed E-state index contributed by atoms with van der Waals surface area (Å²) in [4.78, 5) is 34.9. The van der Waals surface area contributed by atoms with Gasteiger partial charge in [-0.25, -0.2) is 0 Å². The number of hydrogen-bond acceptors (Lipinski definition) is 5. The smallest absolute Gasteiger partial charge is 0.279 e. The number of benzene rings is 2. The van der Waals surface area contributed by atoms with Crippen LogP contribution in [0.3, 0.4) is 0 Å². The lowest BCUT2D eigenvalue weighted by molar-refractivity contribution is -0.384. The maximum Gasteiger partial charge on any atom is 0.279 e. The van der Waals surface area contributed by atoms with Crippen molar-refractivity contribution in [2.75, 3.05) is 6.26 Å². The molecule has 0 aliphatic rings. The lowest BCUT2D eigenvalue weighted by Gasteiger charge is -2.23. The van der Waals surface area contributed by atoms with Crippen LogP contribution in [0, 0.1) is 17.0 Å². The molecule has 2 aromatic rings. The maximum atomic E-state index is 12.7. The summed E-state index contributed by atoms with van der Waals surface area (Å²) in [5.74, 6) is -0.337. The van der Waals surface area contributed by atoms with E-state index in [1.165, 1.54) is 24.3 Å². The monoisotopic (exact) mass is 392 g/mol. The van der Waals surface area contributed by atoms with E-state index < -0.39 is 16.3 Å². The Balaban J connectivity index is 2.33. The number of thioether (sulfide) groups is 1. The Morgan fingerprint density at radius 2 is 1.69 bits per heavy atom. The van der Waals surface area contributed by atoms with Gasteiger partial charge >= 0.3 is 0 Å². The standard InChI is InChI=1S/C18H17ClN2O4S/c1-11-3-5-13(6-4-11)17(22)15(19)16(20-18(23)26-2)12-7-9-14(10-8-12)21(24)25/h3-10,15-16H,1-2H3,(H,20,23). The van der Waals surface area contributed by atoms with E-state index in [2.05, 4.69) is 5.32 Å². The Morgan fingerprint density at radius 3 is 2.19 bits per heavy atom. The summed E-state index contributed by atoms with van der Waals surface area (Å²) in [5.41, 5.74) is 1.87. The molecule has 2 rings (SSSR count). The first kappa shape index (κ1) is 19.9. The predicted octanol–water partition coefficient (Wildman–Crippen LogP) is 4.51. The van der Waals surface area contributed by atoms with Crippen molar-refractivity contribution < 1.29 is 14.5 Å². The fourth-order valence-electron chi connectivity index (χ4n) is 2.34. The first-order chi connectivity index (χ1) is 12.3. The summed E-state index contributed by atoms with van der Waals surface area (Å²) in [6.45, 7) is 1.91. The Bertz CT molecular complexity index is 809. The number of rotatable bonds is 6. The van der Waals surface area contributed by atoms with Gasteiger partial charge in [0.15, 0.2) is 5.78 Å². The highest BCUT2D eigenvalue weighted by molar-refractivity contribution is 8.12. The summed E-state index contributed by atoms with van der Waals surface area (Å²) in [6, 6.07) is 11.7. The lowest BCUT2D eigenvalue weighted by atomic mass is 9.97. The van der Waals surface area contributed by atoms with Crippen molar-refractivity contribution in [3.8, 4) is 0 Å². The van der Waals surface area contributed by atoms with Crippen LogP contribution in [0.1, 0.15) is 27.5 Å². The van der Waals surface area contributed by atoms with Crippen LogP contribution in [0.15, 0.2) is 48.5 Å². The fraction of sp³-hybridized carbons (Fsp3) is 0.222. The minimum Gasteiger partial charge on any atom is -0.338 e. The number of carbonyl (C=O) groups excluding carboxylic acids is 2. The second-order valence-corrected chi connectivity index (χ2v) is 6.84. The van der Waals surface area contributed by atoms with Crippen molar-refractivity contribution in [1.82, 2.24) is 5.32 Å². The van der Waals surface area contributed by atoms with Crippen LogP contribution in [-0.2, 0) is 0 Å². The molecule has 0 fully saturated rings. The van der Waals surface area contributed by atoms with Crippen molar-refractivity contribution in [3.63, 3.8) is 0 Å². The van der Waals surface area contributed by atoms with Gasteiger partial charge in [0, 0.05) is 17.7 Å². The van der Waals surface area contributed by atoms with Crippen LogP contribution in [-0.4, -0.2) is 27.6 Å². The van der Waals surface area contributed by atoms with Crippen molar-refractivity contribution >= 4 is 40.1 Å². The summed E-state index contributed by atoms with van der Waals surface area (Å²) >= 11 is 7.36. The zero-order chi connectivity index (χ0) is 19.3. The average Bonchev–Trinajstić information content (AvgIpc) is 2.65. The number of amides is 1. The molecule has 0 aromatic heterocycles. The van der Waals surface area contributed by atoms with E-state index in [-0.39, 0.29) is 16.7 Å². The topological polar surface area (TPSA) is 89.3 Å². The fourth-order valence-corrected chi connectivity index (χ4v) is 2.92. The van der Waals surface area contributed by atoms with Gasteiger partial charge in [0.1, 0.15) is 5.38 Å². The number of nitro groups is 1. The summed E-state index contributed by atoms with van der Waals surface area (Å²) in [7, 11) is 0. The molecular formula is C18H17ClN2O4S. The summed E-state index contributed by atoms with van der Waals surface area (Å²) in [6.07, 6.45) is 1.60. The SMILES string of the molecule is CSC(=O)NC(c1ccc([N+](=O)[O-])cc1)C(Cl)C(=O)c1ccc(C)cc1. The van der Waals surface area contributed by atoms with Crippen LogP contribution in [0.5, 0.6) is 0 Å². The second kappa shape index (κ2) is 8.82. The Labute approximate surface area is 160 Å². The minimum atomic E-state index is -1.06. The lowest BCUT2D eigenvalue weighted by Crippen LogP contribution is -2.36. The molecule has 0 aliphatic heterocycles. The molecule has 136 valence electrons. The van der Waals surface area contributed by atoms with E-state index in [1.54, 1.807) is 30.5 Å². The average molecular weight is 393 g/mol. The van der Waals surface area contributed by atoms with E-state index in [9.17, 15) is 19.7 Å². The highest BCUT2D eigenvalue weighted by atomic mass is 35.5. The molecule has 8 heteroatoms. The minimum absolute atomic E-state index is 0.0836. The molecule has 0 saturated carbocycles. The molecule has 1 N–H and O–H groups in total. The number of nitrogens with zero attached hydrogens (tertiary/aromatic N) is 1. The number of aryl methyl sites for hydroxylation is 1. The zero-order valence-corrected chi connectivity index (χ0v) is 15.7. The number of carbonyl (C=O) groups is 2. The number of alkyl halides is 1. The number of Topliss-reactive ketones (excluding diaryl/α,β-unsaturated/α-hetero) is 1. The number of non-ortho nitro benzene ring substituents is 1. The Kier molecular flexibility index (Phi) is 6.76. The van der Waals surface area contributed by atoms with E-state index >= 15 is 0 Å². The van der Waals surface area contributed by atoms with Gasteiger partial charge in [-0.1, -0.05) is 53.7 Å². The van der Waals surface area contributed by atoms with Gasteiger partial charge < -0.3 is 5.32 Å². The molecule has 2 atom stereocenters. The Morgan fingerprint density at radius 1 is 1.12 bits per heavy atom. The van der Waals surface area contributed by atoms with Crippen LogP contribution in [0.2, 0.25) is 0 Å². The van der Waals surface area contributed by atoms with Crippen molar-refractivity contribution in [1.29, 1.82) is 0 Å². The quantitative estimate of drug-likeness (QED) is 0.338. The van der Waals surface area contributed by atoms with Gasteiger partial charge in [-0.05, 0) is 18.7 Å². The van der Waals surface area contributed by atoms with Gasteiger partial charge in [-0.3, -0.25) is 19.7 Å². The van der Waals surface area contributed by atoms with Gasteiger partial charge in [-0.2, -0.15) is 0 Å². The number of nitro benzene ring substituents is 1. The number of halogens is 1. The highest BCUT2D eigenvalue weighted by Crippen LogP contribution is 2.27. The van der Waals surface area contributed by atoms with Crippen molar-refractivity contribution in [3.05, 3.63) is 75.3 Å². The maximum absolute atomic E-state index is 12.7. The van der Waals surface area contributed by atoms with Crippen LogP contribution in [0.25, 0.3) is 0 Å². The third-order valence-electron chi connectivity index (χ3n) is 3.80. The highest BCUT2D eigenvalue weighted by Gasteiger charge is 2.30. The molecule has 2 unspecified atom stereocenters. The van der Waals surface area contributed by atoms with E-state index in [4.69, 9.17) is 11.6 Å². The molecule has 26 heavy (non-hydrogen) atoms. The number of hydrogen-bond donors (Lipinski definition) is 1. The van der Waals surface area contributed by atoms with E-state index in [1.807, 2.05) is 6.92 Å². The molecule has 0 saturated heterocycles. The zero-order valence-electron chi connectivity index (χ0n) is 14.1. The van der Waals surface area contributed by atoms with E-state index in [0.717, 1.165) is 17.3 Å². The van der Waals surface area contributed by atoms with Gasteiger partial charge in [0.2, 0.25) is 0 Å². The molecule has 0 aliphatic carbocycles. The van der Waals surface area contributed by atoms with Crippen LogP contribution >= 0.6 is 23.4 Å². The third kappa shape index (κ3) is 4.83. The number of nitrogens with one attached hydrogen (secondary N) is 1. The first-order valence-corrected chi connectivity index (χ1v) is 9.33. The normalized spacial score (nSPS) is 12.9. The molecule has 0 radical (unpaired) electrons. The summed E-state index contributed by atoms with van der Waals surface area (Å²) < 4.78 is 0. The van der Waals surface area contributed by atoms with Gasteiger partial charge in [-0.15, -0.1) is 11.6 Å². The molecule has 0 spiro atoms. The van der Waals surface area contributed by atoms with Crippen LogP contribution in [0.4, 0.5) is 10.5 Å². The number of ketones is 1. The first-order valence-electron chi connectivity index (χ1n) is 7.67. The molecule has 6 nitrogen and oxygen atoms in total. The van der Waals surface area contributed by atoms with Crippen LogP contribution < -0.4 is 5.32 Å². The second-order valence-electron chi connectivity index (χ2n) is 5.59. The molecule has 0 bridgehead atoms.